The molecule has 0 saturated carbocycles. The van der Waals surface area contributed by atoms with Crippen LogP contribution in [0.15, 0.2) is 18.2 Å². The Morgan fingerprint density at radius 3 is 2.65 bits per heavy atom. The second-order valence-corrected chi connectivity index (χ2v) is 6.10. The normalized spacial score (nSPS) is 10.5. The molecule has 0 aliphatic heterocycles. The number of aromatic hydroxyl groups is 2. The van der Waals surface area contributed by atoms with Gasteiger partial charge in [0.1, 0.15) is 16.5 Å². The van der Waals surface area contributed by atoms with Crippen molar-refractivity contribution in [2.24, 2.45) is 0 Å². The van der Waals surface area contributed by atoms with Crippen LogP contribution in [0.3, 0.4) is 0 Å². The van der Waals surface area contributed by atoms with Crippen molar-refractivity contribution in [1.29, 1.82) is 0 Å². The highest BCUT2D eigenvalue weighted by molar-refractivity contribution is 7.15. The lowest BCUT2D eigenvalue weighted by Gasteiger charge is -2.08. The molecule has 0 spiro atoms. The number of hydrogen-bond donors (Lipinski definition) is 4. The SMILES string of the molecule is CCCCCc1nnc(NC(=O)NCc2c(O)cccc2O)s1. The van der Waals surface area contributed by atoms with Crippen molar-refractivity contribution in [2.75, 3.05) is 5.32 Å². The predicted octanol–water partition coefficient (Wildman–Crippen LogP) is 3.00. The van der Waals surface area contributed by atoms with Crippen molar-refractivity contribution in [1.82, 2.24) is 15.5 Å². The van der Waals surface area contributed by atoms with E-state index in [-0.39, 0.29) is 23.6 Å². The first-order valence-corrected chi connectivity index (χ1v) is 8.29. The van der Waals surface area contributed by atoms with Gasteiger partial charge in [-0.1, -0.05) is 37.2 Å². The van der Waals surface area contributed by atoms with E-state index in [1.54, 1.807) is 0 Å². The highest BCUT2D eigenvalue weighted by atomic mass is 32.1. The lowest BCUT2D eigenvalue weighted by Crippen LogP contribution is -2.28. The zero-order chi connectivity index (χ0) is 16.7. The van der Waals surface area contributed by atoms with Crippen LogP contribution in [-0.2, 0) is 13.0 Å². The molecule has 0 aliphatic rings. The molecule has 4 N–H and O–H groups in total. The van der Waals surface area contributed by atoms with Crippen LogP contribution in [0.25, 0.3) is 0 Å². The minimum Gasteiger partial charge on any atom is -0.507 e. The molecule has 2 amide bonds. The van der Waals surface area contributed by atoms with Gasteiger partial charge in [0, 0.05) is 6.42 Å². The summed E-state index contributed by atoms with van der Waals surface area (Å²) in [5.41, 5.74) is 0.264. The van der Waals surface area contributed by atoms with E-state index in [4.69, 9.17) is 0 Å². The summed E-state index contributed by atoms with van der Waals surface area (Å²) in [7, 11) is 0. The molecule has 2 aromatic rings. The zero-order valence-electron chi connectivity index (χ0n) is 12.9. The summed E-state index contributed by atoms with van der Waals surface area (Å²) in [4.78, 5) is 11.8. The summed E-state index contributed by atoms with van der Waals surface area (Å²) in [6.45, 7) is 2.15. The molecular formula is C15H20N4O3S. The van der Waals surface area contributed by atoms with Gasteiger partial charge in [-0.3, -0.25) is 5.32 Å². The zero-order valence-corrected chi connectivity index (χ0v) is 13.7. The average Bonchev–Trinajstić information content (AvgIpc) is 2.94. The lowest BCUT2D eigenvalue weighted by molar-refractivity contribution is 0.251. The quantitative estimate of drug-likeness (QED) is 0.581. The predicted molar refractivity (Wildman–Crippen MR) is 88.8 cm³/mol. The number of nitrogens with one attached hydrogen (secondary N) is 2. The fourth-order valence-corrected chi connectivity index (χ4v) is 2.76. The van der Waals surface area contributed by atoms with Crippen molar-refractivity contribution >= 4 is 22.5 Å². The number of hydrogen-bond acceptors (Lipinski definition) is 6. The molecule has 2 rings (SSSR count). The molecule has 0 radical (unpaired) electrons. The molecule has 7 nitrogen and oxygen atoms in total. The first-order valence-electron chi connectivity index (χ1n) is 7.47. The number of unbranched alkanes of at least 4 members (excludes halogenated alkanes) is 2. The highest BCUT2D eigenvalue weighted by Crippen LogP contribution is 2.25. The number of aromatic nitrogens is 2. The van der Waals surface area contributed by atoms with E-state index in [2.05, 4.69) is 27.8 Å². The molecule has 0 fully saturated rings. The number of aryl methyl sites for hydroxylation is 1. The van der Waals surface area contributed by atoms with Gasteiger partial charge in [-0.25, -0.2) is 4.79 Å². The molecule has 1 aromatic carbocycles. The van der Waals surface area contributed by atoms with Crippen LogP contribution in [-0.4, -0.2) is 26.4 Å². The second kappa shape index (κ2) is 8.33. The largest absolute Gasteiger partial charge is 0.507 e. The van der Waals surface area contributed by atoms with Crippen molar-refractivity contribution in [2.45, 2.75) is 39.2 Å². The van der Waals surface area contributed by atoms with Crippen LogP contribution in [0.5, 0.6) is 11.5 Å². The number of anilines is 1. The first kappa shape index (κ1) is 17.0. The molecule has 1 heterocycles. The van der Waals surface area contributed by atoms with Gasteiger partial charge in [0.05, 0.1) is 12.1 Å². The van der Waals surface area contributed by atoms with Gasteiger partial charge in [0.2, 0.25) is 5.13 Å². The number of carbonyl (C=O) groups is 1. The maximum absolute atomic E-state index is 11.8. The van der Waals surface area contributed by atoms with Crippen molar-refractivity contribution in [3.63, 3.8) is 0 Å². The van der Waals surface area contributed by atoms with Crippen LogP contribution in [0.1, 0.15) is 36.8 Å². The summed E-state index contributed by atoms with van der Waals surface area (Å²) in [6, 6.07) is 3.95. The van der Waals surface area contributed by atoms with E-state index < -0.39 is 6.03 Å². The Labute approximate surface area is 138 Å². The maximum atomic E-state index is 11.8. The highest BCUT2D eigenvalue weighted by Gasteiger charge is 2.11. The van der Waals surface area contributed by atoms with Crippen molar-refractivity contribution in [3.05, 3.63) is 28.8 Å². The maximum Gasteiger partial charge on any atom is 0.321 e. The fourth-order valence-electron chi connectivity index (χ4n) is 1.99. The number of nitrogens with zero attached hydrogens (tertiary/aromatic N) is 2. The summed E-state index contributed by atoms with van der Waals surface area (Å²) < 4.78 is 0. The second-order valence-electron chi connectivity index (χ2n) is 5.04. The van der Waals surface area contributed by atoms with Crippen LogP contribution in [0.4, 0.5) is 9.93 Å². The lowest BCUT2D eigenvalue weighted by atomic mass is 10.2. The Balaban J connectivity index is 1.83. The van der Waals surface area contributed by atoms with Crippen LogP contribution >= 0.6 is 11.3 Å². The smallest absolute Gasteiger partial charge is 0.321 e. The third-order valence-electron chi connectivity index (χ3n) is 3.23. The molecule has 0 atom stereocenters. The van der Waals surface area contributed by atoms with E-state index >= 15 is 0 Å². The molecule has 0 saturated heterocycles. The standard InChI is InChI=1S/C15H20N4O3S/c1-2-3-4-8-13-18-19-15(23-13)17-14(22)16-9-10-11(20)6-5-7-12(10)21/h5-7,20-21H,2-4,8-9H2,1H3,(H2,16,17,19,22). The number of rotatable bonds is 7. The van der Waals surface area contributed by atoms with E-state index in [0.717, 1.165) is 30.7 Å². The number of urea groups is 1. The summed E-state index contributed by atoms with van der Waals surface area (Å²) in [6.07, 6.45) is 4.21. The van der Waals surface area contributed by atoms with Crippen LogP contribution < -0.4 is 10.6 Å². The number of phenols is 2. The monoisotopic (exact) mass is 336 g/mol. The molecule has 23 heavy (non-hydrogen) atoms. The Bertz CT molecular complexity index is 640. The van der Waals surface area contributed by atoms with Gasteiger partial charge in [-0.05, 0) is 18.6 Å². The van der Waals surface area contributed by atoms with E-state index in [1.165, 1.54) is 29.5 Å². The topological polar surface area (TPSA) is 107 Å². The molecule has 0 bridgehead atoms. The Morgan fingerprint density at radius 2 is 1.96 bits per heavy atom. The fraction of sp³-hybridized carbons (Fsp3) is 0.400. The van der Waals surface area contributed by atoms with E-state index in [0.29, 0.717) is 5.13 Å². The Kier molecular flexibility index (Phi) is 6.16. The van der Waals surface area contributed by atoms with Gasteiger partial charge in [0.25, 0.3) is 0 Å². The first-order chi connectivity index (χ1) is 11.1. The van der Waals surface area contributed by atoms with E-state index in [1.807, 2.05) is 0 Å². The van der Waals surface area contributed by atoms with Crippen molar-refractivity contribution in [3.8, 4) is 11.5 Å². The molecule has 1 aromatic heterocycles. The summed E-state index contributed by atoms with van der Waals surface area (Å²) in [5, 5.41) is 33.7. The number of amides is 2. The molecule has 0 unspecified atom stereocenters. The molecular weight excluding hydrogens is 316 g/mol. The van der Waals surface area contributed by atoms with Gasteiger partial charge < -0.3 is 15.5 Å². The number of benzene rings is 1. The Morgan fingerprint density at radius 1 is 1.22 bits per heavy atom. The van der Waals surface area contributed by atoms with Crippen molar-refractivity contribution < 1.29 is 15.0 Å². The number of carbonyl (C=O) groups excluding carboxylic acids is 1. The van der Waals surface area contributed by atoms with Gasteiger partial charge in [-0.15, -0.1) is 10.2 Å². The van der Waals surface area contributed by atoms with Crippen LogP contribution in [0.2, 0.25) is 0 Å². The molecule has 0 aliphatic carbocycles. The van der Waals surface area contributed by atoms with Gasteiger partial charge in [0.15, 0.2) is 0 Å². The summed E-state index contributed by atoms with van der Waals surface area (Å²) >= 11 is 1.35. The molecule has 124 valence electrons. The van der Waals surface area contributed by atoms with E-state index in [9.17, 15) is 15.0 Å². The minimum atomic E-state index is -0.469. The molecule has 8 heteroatoms. The van der Waals surface area contributed by atoms with Gasteiger partial charge >= 0.3 is 6.03 Å². The summed E-state index contributed by atoms with van der Waals surface area (Å²) in [5.74, 6) is -0.140. The third kappa shape index (κ3) is 5.10. The van der Waals surface area contributed by atoms with Crippen LogP contribution in [0, 0.1) is 0 Å². The Hall–Kier alpha value is -2.35. The number of phenolic OH excluding ortho intramolecular Hbond substituents is 2. The minimum absolute atomic E-state index is 0.00645. The third-order valence-corrected chi connectivity index (χ3v) is 4.13. The average molecular weight is 336 g/mol. The van der Waals surface area contributed by atoms with Gasteiger partial charge in [-0.2, -0.15) is 0 Å².